The molecule has 1 aliphatic carbocycles. The summed E-state index contributed by atoms with van der Waals surface area (Å²) in [5.74, 6) is 0.339. The Labute approximate surface area is 132 Å². The van der Waals surface area contributed by atoms with Crippen LogP contribution in [0, 0.1) is 0 Å². The number of hydrogen-bond donors (Lipinski definition) is 2. The van der Waals surface area contributed by atoms with Crippen LogP contribution in [0.4, 0.5) is 5.95 Å². The van der Waals surface area contributed by atoms with Crippen molar-refractivity contribution in [3.63, 3.8) is 0 Å². The average molecular weight is 302 g/mol. The van der Waals surface area contributed by atoms with Crippen molar-refractivity contribution in [2.75, 3.05) is 11.9 Å². The Morgan fingerprint density at radius 1 is 1.32 bits per heavy atom. The molecule has 1 aliphatic rings. The number of carbonyl (C=O) groups is 1. The molecule has 0 radical (unpaired) electrons. The number of hydrogen-bond acceptors (Lipinski definition) is 4. The minimum absolute atomic E-state index is 0.136. The molecule has 1 aromatic heterocycles. The van der Waals surface area contributed by atoms with Crippen LogP contribution in [0.3, 0.4) is 0 Å². The second-order valence-corrected chi connectivity index (χ2v) is 6.75. The molecule has 0 bridgehead atoms. The second kappa shape index (κ2) is 7.38. The minimum atomic E-state index is -0.143. The van der Waals surface area contributed by atoms with Gasteiger partial charge < -0.3 is 10.6 Å². The van der Waals surface area contributed by atoms with E-state index >= 15 is 0 Å². The first-order chi connectivity index (χ1) is 10.4. The van der Waals surface area contributed by atoms with E-state index in [4.69, 9.17) is 0 Å². The fraction of sp³-hybridized carbons (Fsp3) is 0.588. The molecule has 2 rings (SSSR count). The van der Waals surface area contributed by atoms with Gasteiger partial charge in [-0.05, 0) is 58.9 Å². The molecular weight excluding hydrogens is 276 g/mol. The number of amides is 1. The van der Waals surface area contributed by atoms with E-state index in [-0.39, 0.29) is 11.4 Å². The first-order valence-corrected chi connectivity index (χ1v) is 8.01. The molecule has 1 aromatic rings. The van der Waals surface area contributed by atoms with Gasteiger partial charge in [-0.1, -0.05) is 11.6 Å². The van der Waals surface area contributed by atoms with Crippen LogP contribution in [-0.2, 0) is 0 Å². The smallest absolute Gasteiger partial charge is 0.270 e. The van der Waals surface area contributed by atoms with Gasteiger partial charge in [0, 0.05) is 18.3 Å². The van der Waals surface area contributed by atoms with Crippen molar-refractivity contribution in [2.24, 2.45) is 0 Å². The van der Waals surface area contributed by atoms with E-state index in [2.05, 4.69) is 26.7 Å². The zero-order valence-corrected chi connectivity index (χ0v) is 13.8. The van der Waals surface area contributed by atoms with Crippen LogP contribution < -0.4 is 10.6 Å². The van der Waals surface area contributed by atoms with Crippen molar-refractivity contribution in [3.8, 4) is 0 Å². The number of allylic oxidation sites excluding steroid dienone is 1. The molecule has 5 nitrogen and oxygen atoms in total. The zero-order valence-electron chi connectivity index (χ0n) is 13.8. The predicted molar refractivity (Wildman–Crippen MR) is 88.9 cm³/mol. The Morgan fingerprint density at radius 3 is 2.82 bits per heavy atom. The number of rotatable bonds is 5. The predicted octanol–water partition coefficient (Wildman–Crippen LogP) is 3.31. The maximum atomic E-state index is 12.2. The highest BCUT2D eigenvalue weighted by Gasteiger charge is 2.13. The first-order valence-electron chi connectivity index (χ1n) is 8.01. The Kier molecular flexibility index (Phi) is 5.52. The van der Waals surface area contributed by atoms with Gasteiger partial charge in [-0.2, -0.15) is 0 Å². The number of nitrogens with one attached hydrogen (secondary N) is 2. The molecule has 0 spiro atoms. The van der Waals surface area contributed by atoms with Crippen molar-refractivity contribution in [3.05, 3.63) is 29.6 Å². The molecule has 1 heterocycles. The van der Waals surface area contributed by atoms with Gasteiger partial charge in [0.05, 0.1) is 0 Å². The molecule has 0 atom stereocenters. The summed E-state index contributed by atoms with van der Waals surface area (Å²) in [5, 5.41) is 6.11. The monoisotopic (exact) mass is 302 g/mol. The molecule has 2 N–H and O–H groups in total. The zero-order chi connectivity index (χ0) is 16.0. The summed E-state index contributed by atoms with van der Waals surface area (Å²) in [6, 6.07) is 1.64. The van der Waals surface area contributed by atoms with Crippen LogP contribution in [0.15, 0.2) is 23.9 Å². The lowest BCUT2D eigenvalue weighted by molar-refractivity contribution is 0.0949. The summed E-state index contributed by atoms with van der Waals surface area (Å²) < 4.78 is 0. The van der Waals surface area contributed by atoms with Crippen LogP contribution in [0.25, 0.3) is 0 Å². The fourth-order valence-electron chi connectivity index (χ4n) is 2.44. The summed E-state index contributed by atoms with van der Waals surface area (Å²) in [6.45, 7) is 6.75. The third kappa shape index (κ3) is 5.47. The largest absolute Gasteiger partial charge is 0.350 e. The van der Waals surface area contributed by atoms with E-state index in [1.165, 1.54) is 31.3 Å². The lowest BCUT2D eigenvalue weighted by Crippen LogP contribution is -2.29. The molecule has 0 saturated carbocycles. The van der Waals surface area contributed by atoms with E-state index in [9.17, 15) is 4.79 Å². The van der Waals surface area contributed by atoms with Gasteiger partial charge in [0.1, 0.15) is 5.69 Å². The second-order valence-electron chi connectivity index (χ2n) is 6.75. The normalized spacial score (nSPS) is 15.1. The van der Waals surface area contributed by atoms with E-state index in [0.29, 0.717) is 18.2 Å². The number of nitrogens with zero attached hydrogens (tertiary/aromatic N) is 2. The SMILES string of the molecule is CC(C)(C)Nc1nccc(C(=O)NCCC2=CCCCC2)n1. The third-order valence-corrected chi connectivity index (χ3v) is 3.49. The maximum absolute atomic E-state index is 12.2. The quantitative estimate of drug-likeness (QED) is 0.819. The third-order valence-electron chi connectivity index (χ3n) is 3.49. The first kappa shape index (κ1) is 16.5. The van der Waals surface area contributed by atoms with Crippen molar-refractivity contribution in [2.45, 2.75) is 58.4 Å². The van der Waals surface area contributed by atoms with Crippen molar-refractivity contribution in [1.29, 1.82) is 0 Å². The minimum Gasteiger partial charge on any atom is -0.350 e. The highest BCUT2D eigenvalue weighted by atomic mass is 16.1. The molecule has 0 fully saturated rings. The van der Waals surface area contributed by atoms with Crippen molar-refractivity contribution in [1.82, 2.24) is 15.3 Å². The molecule has 5 heteroatoms. The Balaban J connectivity index is 1.86. The van der Waals surface area contributed by atoms with Crippen LogP contribution in [0.1, 0.15) is 63.4 Å². The standard InChI is InChI=1S/C17H26N4O/c1-17(2,3)21-16-19-12-10-14(20-16)15(22)18-11-9-13-7-5-4-6-8-13/h7,10,12H,4-6,8-9,11H2,1-3H3,(H,18,22)(H,19,20,21). The summed E-state index contributed by atoms with van der Waals surface area (Å²) in [7, 11) is 0. The lowest BCUT2D eigenvalue weighted by Gasteiger charge is -2.20. The van der Waals surface area contributed by atoms with Gasteiger partial charge >= 0.3 is 0 Å². The molecule has 1 amide bonds. The molecule has 0 aromatic carbocycles. The summed E-state index contributed by atoms with van der Waals surface area (Å²) >= 11 is 0. The van der Waals surface area contributed by atoms with Crippen molar-refractivity contribution < 1.29 is 4.79 Å². The van der Waals surface area contributed by atoms with Crippen LogP contribution in [0.2, 0.25) is 0 Å². The fourth-order valence-corrected chi connectivity index (χ4v) is 2.44. The Morgan fingerprint density at radius 2 is 2.14 bits per heavy atom. The molecule has 0 saturated heterocycles. The lowest BCUT2D eigenvalue weighted by atomic mass is 9.97. The highest BCUT2D eigenvalue weighted by Crippen LogP contribution is 2.19. The molecule has 0 unspecified atom stereocenters. The average Bonchev–Trinajstić information content (AvgIpc) is 2.47. The van der Waals surface area contributed by atoms with Crippen LogP contribution in [0.5, 0.6) is 0 Å². The van der Waals surface area contributed by atoms with E-state index < -0.39 is 0 Å². The van der Waals surface area contributed by atoms with Gasteiger partial charge in [0.15, 0.2) is 0 Å². The van der Waals surface area contributed by atoms with Gasteiger partial charge in [-0.15, -0.1) is 0 Å². The Bertz CT molecular complexity index is 546. The molecule has 22 heavy (non-hydrogen) atoms. The molecule has 0 aliphatic heterocycles. The van der Waals surface area contributed by atoms with E-state index in [1.807, 2.05) is 20.8 Å². The van der Waals surface area contributed by atoms with Crippen molar-refractivity contribution >= 4 is 11.9 Å². The summed E-state index contributed by atoms with van der Waals surface area (Å²) in [5.41, 5.74) is 1.73. The van der Waals surface area contributed by atoms with Gasteiger partial charge in [-0.25, -0.2) is 9.97 Å². The maximum Gasteiger partial charge on any atom is 0.270 e. The van der Waals surface area contributed by atoms with Gasteiger partial charge in [-0.3, -0.25) is 4.79 Å². The summed E-state index contributed by atoms with van der Waals surface area (Å²) in [6.07, 6.45) is 9.77. The number of aromatic nitrogens is 2. The number of anilines is 1. The number of carbonyl (C=O) groups excluding carboxylic acids is 1. The summed E-state index contributed by atoms with van der Waals surface area (Å²) in [4.78, 5) is 20.6. The molecule has 120 valence electrons. The van der Waals surface area contributed by atoms with Crippen LogP contribution in [-0.4, -0.2) is 28.0 Å². The Hall–Kier alpha value is -1.91. The molecular formula is C17H26N4O. The topological polar surface area (TPSA) is 66.9 Å². The van der Waals surface area contributed by atoms with E-state index in [0.717, 1.165) is 6.42 Å². The van der Waals surface area contributed by atoms with Gasteiger partial charge in [0.25, 0.3) is 5.91 Å². The van der Waals surface area contributed by atoms with E-state index in [1.54, 1.807) is 12.3 Å². The van der Waals surface area contributed by atoms with Crippen LogP contribution >= 0.6 is 0 Å². The highest BCUT2D eigenvalue weighted by molar-refractivity contribution is 5.92. The van der Waals surface area contributed by atoms with Gasteiger partial charge in [0.2, 0.25) is 5.95 Å².